The average molecular weight is 933 g/mol. The second-order valence-electron chi connectivity index (χ2n) is 18.5. The van der Waals surface area contributed by atoms with Crippen LogP contribution in [-0.2, 0) is 28.6 Å². The molecule has 0 heterocycles. The summed E-state index contributed by atoms with van der Waals surface area (Å²) in [6.07, 6.45) is 71.4. The normalized spacial score (nSPS) is 12.7. The fourth-order valence-electron chi connectivity index (χ4n) is 7.68. The minimum atomic E-state index is -0.788. The maximum absolute atomic E-state index is 12.8. The molecule has 0 aliphatic heterocycles. The van der Waals surface area contributed by atoms with E-state index in [4.69, 9.17) is 14.2 Å². The van der Waals surface area contributed by atoms with Crippen LogP contribution < -0.4 is 0 Å². The molecule has 0 radical (unpaired) electrons. The van der Waals surface area contributed by atoms with E-state index in [-0.39, 0.29) is 31.1 Å². The maximum atomic E-state index is 12.8. The lowest BCUT2D eigenvalue weighted by molar-refractivity contribution is -0.167. The molecule has 1 unspecified atom stereocenters. The van der Waals surface area contributed by atoms with Crippen LogP contribution in [0.3, 0.4) is 0 Å². The Hall–Kier alpha value is -3.41. The van der Waals surface area contributed by atoms with Crippen LogP contribution in [0, 0.1) is 0 Å². The quantitative estimate of drug-likeness (QED) is 0.0262. The van der Waals surface area contributed by atoms with Gasteiger partial charge in [-0.1, -0.05) is 234 Å². The molecule has 0 saturated heterocycles. The molecule has 0 rings (SSSR count). The third kappa shape index (κ3) is 53.4. The van der Waals surface area contributed by atoms with Crippen molar-refractivity contribution in [1.82, 2.24) is 0 Å². The molecule has 6 nitrogen and oxygen atoms in total. The van der Waals surface area contributed by atoms with Gasteiger partial charge in [-0.2, -0.15) is 0 Å². The Morgan fingerprint density at radius 2 is 0.582 bits per heavy atom. The molecule has 1 atom stereocenters. The van der Waals surface area contributed by atoms with Crippen LogP contribution in [0.15, 0.2) is 85.1 Å². The number of carbonyl (C=O) groups excluding carboxylic acids is 3. The molecule has 0 fully saturated rings. The van der Waals surface area contributed by atoms with Crippen molar-refractivity contribution in [3.05, 3.63) is 85.1 Å². The topological polar surface area (TPSA) is 78.9 Å². The fraction of sp³-hybridized carbons (Fsp3) is 0.721. The van der Waals surface area contributed by atoms with E-state index in [1.165, 1.54) is 109 Å². The third-order valence-corrected chi connectivity index (χ3v) is 11.9. The first-order chi connectivity index (χ1) is 33.0. The molecule has 0 bridgehead atoms. The summed E-state index contributed by atoms with van der Waals surface area (Å²) in [5.41, 5.74) is 0. The van der Waals surface area contributed by atoms with Crippen LogP contribution in [0.5, 0.6) is 0 Å². The van der Waals surface area contributed by atoms with E-state index in [0.29, 0.717) is 19.3 Å². The highest BCUT2D eigenvalue weighted by Crippen LogP contribution is 2.15. The largest absolute Gasteiger partial charge is 0.462 e. The lowest BCUT2D eigenvalue weighted by Crippen LogP contribution is -2.30. The van der Waals surface area contributed by atoms with Gasteiger partial charge in [-0.25, -0.2) is 0 Å². The first-order valence-corrected chi connectivity index (χ1v) is 28.1. The summed E-state index contributed by atoms with van der Waals surface area (Å²) >= 11 is 0. The monoisotopic (exact) mass is 933 g/mol. The number of hydrogen-bond acceptors (Lipinski definition) is 6. The Morgan fingerprint density at radius 1 is 0.313 bits per heavy atom. The second kappa shape index (κ2) is 55.2. The van der Waals surface area contributed by atoms with Crippen molar-refractivity contribution >= 4 is 17.9 Å². The van der Waals surface area contributed by atoms with Gasteiger partial charge in [-0.05, 0) is 96.3 Å². The Kier molecular flexibility index (Phi) is 52.4. The van der Waals surface area contributed by atoms with Crippen molar-refractivity contribution in [1.29, 1.82) is 0 Å². The molecule has 0 aromatic carbocycles. The van der Waals surface area contributed by atoms with Gasteiger partial charge >= 0.3 is 17.9 Å². The minimum Gasteiger partial charge on any atom is -0.462 e. The standard InChI is InChI=1S/C61H104O6/c1-4-7-10-13-16-19-22-25-27-28-29-30-31-32-33-34-35-37-39-42-45-48-51-54-60(63)66-57-58(56-65-59(62)53-50-47-44-41-38-24-21-18-15-12-9-6-3)67-61(64)55-52-49-46-43-40-36-26-23-20-17-14-11-8-5-2/h7,10,16,18-19,21,25,27,29-30,32-33,35,37,58H,4-6,8-9,11-15,17,20,22-24,26,28,31,34,36,38-57H2,1-3H3/b10-7-,19-16-,21-18-,27-25-,30-29-,33-32-,37-35-. The number of carbonyl (C=O) groups is 3. The van der Waals surface area contributed by atoms with Crippen molar-refractivity contribution in [3.63, 3.8) is 0 Å². The molecule has 0 N–H and O–H groups in total. The Labute approximate surface area is 414 Å². The van der Waals surface area contributed by atoms with Crippen LogP contribution in [0.4, 0.5) is 0 Å². The van der Waals surface area contributed by atoms with E-state index in [2.05, 4.69) is 106 Å². The zero-order valence-electron chi connectivity index (χ0n) is 43.9. The molecule has 0 spiro atoms. The molecule has 0 aromatic rings. The van der Waals surface area contributed by atoms with Crippen LogP contribution in [0.2, 0.25) is 0 Å². The molecule has 0 amide bonds. The molecule has 0 aliphatic carbocycles. The van der Waals surface area contributed by atoms with Crippen molar-refractivity contribution in [2.45, 2.75) is 271 Å². The number of allylic oxidation sites excluding steroid dienone is 14. The molecule has 6 heteroatoms. The van der Waals surface area contributed by atoms with Gasteiger partial charge in [-0.15, -0.1) is 0 Å². The van der Waals surface area contributed by atoms with Gasteiger partial charge in [0.15, 0.2) is 6.10 Å². The van der Waals surface area contributed by atoms with E-state index < -0.39 is 6.10 Å². The Morgan fingerprint density at radius 3 is 0.955 bits per heavy atom. The second-order valence-corrected chi connectivity index (χ2v) is 18.5. The minimum absolute atomic E-state index is 0.0875. The highest BCUT2D eigenvalue weighted by atomic mass is 16.6. The number of hydrogen-bond donors (Lipinski definition) is 0. The van der Waals surface area contributed by atoms with E-state index >= 15 is 0 Å². The summed E-state index contributed by atoms with van der Waals surface area (Å²) in [6, 6.07) is 0. The lowest BCUT2D eigenvalue weighted by Gasteiger charge is -2.18. The van der Waals surface area contributed by atoms with Crippen molar-refractivity contribution in [3.8, 4) is 0 Å². The van der Waals surface area contributed by atoms with Gasteiger partial charge in [-0.3, -0.25) is 14.4 Å². The van der Waals surface area contributed by atoms with E-state index in [9.17, 15) is 14.4 Å². The number of unbranched alkanes of at least 4 members (excludes halogenated alkanes) is 25. The van der Waals surface area contributed by atoms with E-state index in [1.807, 2.05) is 0 Å². The predicted molar refractivity (Wildman–Crippen MR) is 288 cm³/mol. The smallest absolute Gasteiger partial charge is 0.306 e. The number of esters is 3. The van der Waals surface area contributed by atoms with Crippen molar-refractivity contribution in [2.24, 2.45) is 0 Å². The molecule has 384 valence electrons. The van der Waals surface area contributed by atoms with Gasteiger partial charge in [0.05, 0.1) is 0 Å². The molecule has 0 aromatic heterocycles. The Bertz CT molecular complexity index is 1300. The van der Waals surface area contributed by atoms with Crippen LogP contribution in [-0.4, -0.2) is 37.2 Å². The molecule has 67 heavy (non-hydrogen) atoms. The summed E-state index contributed by atoms with van der Waals surface area (Å²) < 4.78 is 16.8. The first-order valence-electron chi connectivity index (χ1n) is 28.1. The summed E-state index contributed by atoms with van der Waals surface area (Å²) in [6.45, 7) is 6.48. The average Bonchev–Trinajstić information content (AvgIpc) is 3.33. The van der Waals surface area contributed by atoms with Crippen LogP contribution in [0.1, 0.15) is 265 Å². The van der Waals surface area contributed by atoms with Crippen molar-refractivity contribution < 1.29 is 28.6 Å². The fourth-order valence-corrected chi connectivity index (χ4v) is 7.68. The summed E-state index contributed by atoms with van der Waals surface area (Å²) in [5, 5.41) is 0. The van der Waals surface area contributed by atoms with Crippen LogP contribution in [0.25, 0.3) is 0 Å². The van der Waals surface area contributed by atoms with Gasteiger partial charge in [0.2, 0.25) is 0 Å². The van der Waals surface area contributed by atoms with Gasteiger partial charge in [0, 0.05) is 19.3 Å². The summed E-state index contributed by atoms with van der Waals surface area (Å²) in [4.78, 5) is 38.1. The van der Waals surface area contributed by atoms with Gasteiger partial charge < -0.3 is 14.2 Å². The summed E-state index contributed by atoms with van der Waals surface area (Å²) in [5.74, 6) is -0.916. The zero-order chi connectivity index (χ0) is 48.6. The molecular formula is C61H104O6. The van der Waals surface area contributed by atoms with Gasteiger partial charge in [0.1, 0.15) is 13.2 Å². The van der Waals surface area contributed by atoms with E-state index in [1.54, 1.807) is 0 Å². The lowest BCUT2D eigenvalue weighted by atomic mass is 10.0. The number of ether oxygens (including phenoxy) is 3. The first kappa shape index (κ1) is 63.6. The molecule has 0 aliphatic rings. The molecule has 0 saturated carbocycles. The van der Waals surface area contributed by atoms with E-state index in [0.717, 1.165) is 116 Å². The maximum Gasteiger partial charge on any atom is 0.306 e. The predicted octanol–water partition coefficient (Wildman–Crippen LogP) is 18.8. The van der Waals surface area contributed by atoms with Crippen LogP contribution >= 0.6 is 0 Å². The SMILES string of the molecule is CC/C=C\C/C=C\C/C=C\C/C=C\C/C=C\C/C=C\CCCCCCC(=O)OCC(COC(=O)CCCCCCC/C=C\CCCCC)OC(=O)CCCCCCCCCCCCCCCC. The third-order valence-electron chi connectivity index (χ3n) is 11.9. The number of rotatable bonds is 50. The Balaban J connectivity index is 4.39. The summed E-state index contributed by atoms with van der Waals surface area (Å²) in [7, 11) is 0. The zero-order valence-corrected chi connectivity index (χ0v) is 43.9. The van der Waals surface area contributed by atoms with Crippen molar-refractivity contribution in [2.75, 3.05) is 13.2 Å². The molecular weight excluding hydrogens is 829 g/mol. The highest BCUT2D eigenvalue weighted by molar-refractivity contribution is 5.71. The van der Waals surface area contributed by atoms with Gasteiger partial charge in [0.25, 0.3) is 0 Å². The highest BCUT2D eigenvalue weighted by Gasteiger charge is 2.19.